The first-order valence-electron chi connectivity index (χ1n) is 12.3. The van der Waals surface area contributed by atoms with Crippen LogP contribution in [0.15, 0.2) is 0 Å². The molecule has 0 radical (unpaired) electrons. The van der Waals surface area contributed by atoms with E-state index >= 15 is 0 Å². The maximum absolute atomic E-state index is 2.62. The van der Waals surface area contributed by atoms with Crippen LogP contribution in [0, 0.1) is 0 Å². The Bertz CT molecular complexity index is 467. The molecule has 2 atom stereocenters. The zero-order valence-electron chi connectivity index (χ0n) is 23.2. The van der Waals surface area contributed by atoms with Gasteiger partial charge in [0.25, 0.3) is 0 Å². The van der Waals surface area contributed by atoms with Crippen LogP contribution in [0.5, 0.6) is 0 Å². The highest BCUT2D eigenvalue weighted by atomic mass is 15.3. The van der Waals surface area contributed by atoms with Crippen LogP contribution in [0.4, 0.5) is 0 Å². The van der Waals surface area contributed by atoms with Gasteiger partial charge in [-0.3, -0.25) is 19.6 Å². The highest BCUT2D eigenvalue weighted by molar-refractivity contribution is 4.92. The zero-order chi connectivity index (χ0) is 23.7. The highest BCUT2D eigenvalue weighted by Crippen LogP contribution is 2.26. The third kappa shape index (κ3) is 8.07. The minimum atomic E-state index is 0.309. The summed E-state index contributed by atoms with van der Waals surface area (Å²) in [5.41, 5.74) is 1.25. The van der Waals surface area contributed by atoms with Gasteiger partial charge in [-0.05, 0) is 96.9 Å². The average Bonchev–Trinajstić information content (AvgIpc) is 2.51. The number of hydrogen-bond acceptors (Lipinski definition) is 4. The van der Waals surface area contributed by atoms with E-state index in [0.29, 0.717) is 34.2 Å². The van der Waals surface area contributed by atoms with E-state index in [2.05, 4.69) is 117 Å². The SMILES string of the molecule is CC1CN(C(C)(C)C)CCN1C(C)(C)C.CC1CN(C(C)(C)C)CCN1C(C)(C)C. The predicted octanol–water partition coefficient (Wildman–Crippen LogP) is 5.18. The number of hydrogen-bond donors (Lipinski definition) is 0. The molecule has 0 aromatic rings. The minimum Gasteiger partial charge on any atom is -0.296 e. The molecule has 0 aromatic heterocycles. The van der Waals surface area contributed by atoms with Gasteiger partial charge in [-0.1, -0.05) is 0 Å². The molecule has 2 rings (SSSR count). The lowest BCUT2D eigenvalue weighted by Crippen LogP contribution is -2.61. The molecule has 180 valence electrons. The molecule has 2 aliphatic rings. The van der Waals surface area contributed by atoms with Crippen LogP contribution >= 0.6 is 0 Å². The molecule has 0 bridgehead atoms. The molecule has 0 aliphatic carbocycles. The molecular formula is C26H56N4. The van der Waals surface area contributed by atoms with Gasteiger partial charge in [0.2, 0.25) is 0 Å². The molecule has 2 heterocycles. The van der Waals surface area contributed by atoms with Gasteiger partial charge in [0, 0.05) is 73.5 Å². The first-order valence-corrected chi connectivity index (χ1v) is 12.3. The van der Waals surface area contributed by atoms with Gasteiger partial charge in [0.05, 0.1) is 0 Å². The summed E-state index contributed by atoms with van der Waals surface area (Å²) >= 11 is 0. The molecule has 0 aromatic carbocycles. The Morgan fingerprint density at radius 3 is 0.867 bits per heavy atom. The van der Waals surface area contributed by atoms with Crippen molar-refractivity contribution in [1.29, 1.82) is 0 Å². The fourth-order valence-corrected chi connectivity index (χ4v) is 5.13. The Morgan fingerprint density at radius 1 is 0.433 bits per heavy atom. The monoisotopic (exact) mass is 424 g/mol. The van der Waals surface area contributed by atoms with Gasteiger partial charge in [-0.25, -0.2) is 0 Å². The van der Waals surface area contributed by atoms with Gasteiger partial charge in [-0.2, -0.15) is 0 Å². The molecule has 4 nitrogen and oxygen atoms in total. The van der Waals surface area contributed by atoms with E-state index in [9.17, 15) is 0 Å². The summed E-state index contributed by atoms with van der Waals surface area (Å²) in [6.07, 6.45) is 0. The van der Waals surface area contributed by atoms with Gasteiger partial charge in [0.15, 0.2) is 0 Å². The fourth-order valence-electron chi connectivity index (χ4n) is 5.13. The molecule has 30 heavy (non-hydrogen) atoms. The van der Waals surface area contributed by atoms with Crippen molar-refractivity contribution < 1.29 is 0 Å². The van der Waals surface area contributed by atoms with Crippen molar-refractivity contribution >= 4 is 0 Å². The van der Waals surface area contributed by atoms with E-state index in [-0.39, 0.29) is 0 Å². The summed E-state index contributed by atoms with van der Waals surface area (Å²) in [4.78, 5) is 10.4. The average molecular weight is 425 g/mol. The van der Waals surface area contributed by atoms with Crippen LogP contribution in [-0.2, 0) is 0 Å². The van der Waals surface area contributed by atoms with E-state index in [1.165, 1.54) is 39.3 Å². The molecule has 0 amide bonds. The quantitative estimate of drug-likeness (QED) is 0.531. The van der Waals surface area contributed by atoms with E-state index in [0.717, 1.165) is 0 Å². The lowest BCUT2D eigenvalue weighted by Gasteiger charge is -2.50. The molecular weight excluding hydrogens is 368 g/mol. The van der Waals surface area contributed by atoms with E-state index in [1.54, 1.807) is 0 Å². The predicted molar refractivity (Wildman–Crippen MR) is 134 cm³/mol. The molecule has 0 N–H and O–H groups in total. The summed E-state index contributed by atoms with van der Waals surface area (Å²) in [5, 5.41) is 0. The first-order chi connectivity index (χ1) is 13.2. The number of nitrogens with zero attached hydrogens (tertiary/aromatic N) is 4. The van der Waals surface area contributed by atoms with Crippen LogP contribution in [0.25, 0.3) is 0 Å². The maximum Gasteiger partial charge on any atom is 0.0200 e. The Balaban J connectivity index is 0.000000300. The molecule has 2 aliphatic heterocycles. The third-order valence-electron chi connectivity index (χ3n) is 6.88. The second-order valence-electron chi connectivity index (χ2n) is 13.7. The van der Waals surface area contributed by atoms with Crippen LogP contribution in [-0.4, -0.2) is 93.1 Å². The zero-order valence-corrected chi connectivity index (χ0v) is 23.2. The van der Waals surface area contributed by atoms with Crippen molar-refractivity contribution in [1.82, 2.24) is 19.6 Å². The Labute approximate surface area is 190 Å². The van der Waals surface area contributed by atoms with Gasteiger partial charge in [0.1, 0.15) is 0 Å². The van der Waals surface area contributed by atoms with E-state index < -0.39 is 0 Å². The van der Waals surface area contributed by atoms with Crippen LogP contribution in [0.2, 0.25) is 0 Å². The van der Waals surface area contributed by atoms with Crippen molar-refractivity contribution in [3.8, 4) is 0 Å². The Kier molecular flexibility index (Phi) is 9.07. The largest absolute Gasteiger partial charge is 0.296 e. The van der Waals surface area contributed by atoms with Crippen molar-refractivity contribution in [2.45, 2.75) is 131 Å². The summed E-state index contributed by atoms with van der Waals surface area (Å²) in [6.45, 7) is 39.6. The summed E-state index contributed by atoms with van der Waals surface area (Å²) in [5.74, 6) is 0. The van der Waals surface area contributed by atoms with Gasteiger partial charge >= 0.3 is 0 Å². The van der Waals surface area contributed by atoms with E-state index in [4.69, 9.17) is 0 Å². The maximum atomic E-state index is 2.62. The van der Waals surface area contributed by atoms with Crippen LogP contribution in [0.3, 0.4) is 0 Å². The lowest BCUT2D eigenvalue weighted by atomic mass is 9.97. The summed E-state index contributed by atoms with van der Waals surface area (Å²) in [7, 11) is 0. The first kappa shape index (κ1) is 27.9. The Hall–Kier alpha value is -0.160. The molecule has 2 unspecified atom stereocenters. The summed E-state index contributed by atoms with van der Waals surface area (Å²) < 4.78 is 0. The normalized spacial score (nSPS) is 27.0. The lowest BCUT2D eigenvalue weighted by molar-refractivity contribution is -0.0153. The molecule has 4 heteroatoms. The second kappa shape index (κ2) is 9.77. The Morgan fingerprint density at radius 2 is 0.700 bits per heavy atom. The van der Waals surface area contributed by atoms with Crippen LogP contribution < -0.4 is 0 Å². The smallest absolute Gasteiger partial charge is 0.0200 e. The van der Waals surface area contributed by atoms with Crippen molar-refractivity contribution in [2.24, 2.45) is 0 Å². The second-order valence-corrected chi connectivity index (χ2v) is 13.7. The highest BCUT2D eigenvalue weighted by Gasteiger charge is 2.35. The third-order valence-corrected chi connectivity index (χ3v) is 6.88. The van der Waals surface area contributed by atoms with Gasteiger partial charge in [-0.15, -0.1) is 0 Å². The summed E-state index contributed by atoms with van der Waals surface area (Å²) in [6, 6.07) is 1.33. The fraction of sp³-hybridized carbons (Fsp3) is 1.00. The van der Waals surface area contributed by atoms with Gasteiger partial charge < -0.3 is 0 Å². The van der Waals surface area contributed by atoms with Crippen molar-refractivity contribution in [3.63, 3.8) is 0 Å². The van der Waals surface area contributed by atoms with Crippen LogP contribution in [0.1, 0.15) is 96.9 Å². The van der Waals surface area contributed by atoms with Crippen molar-refractivity contribution in [2.75, 3.05) is 39.3 Å². The molecule has 2 fully saturated rings. The topological polar surface area (TPSA) is 13.0 Å². The number of rotatable bonds is 0. The molecule has 0 saturated carbocycles. The standard InChI is InChI=1S/2C13H28N2/c2*1-11-10-14(12(2,3)4)8-9-15(11)13(5,6)7/h2*11H,8-10H2,1-7H3. The minimum absolute atomic E-state index is 0.309. The van der Waals surface area contributed by atoms with E-state index in [1.807, 2.05) is 0 Å². The number of piperazine rings is 2. The van der Waals surface area contributed by atoms with Crippen molar-refractivity contribution in [3.05, 3.63) is 0 Å². The molecule has 0 spiro atoms. The molecule has 2 saturated heterocycles.